The molecule has 0 saturated carbocycles. The first-order chi connectivity index (χ1) is 9.39. The van der Waals surface area contributed by atoms with Crippen molar-refractivity contribution >= 4 is 38.3 Å². The van der Waals surface area contributed by atoms with Crippen LogP contribution >= 0.6 is 26.7 Å². The van der Waals surface area contributed by atoms with Crippen molar-refractivity contribution in [2.24, 2.45) is 0 Å². The fraction of sp³-hybridized carbons (Fsp3) is 0.364. The first-order valence-corrected chi connectivity index (χ1v) is 8.47. The Bertz CT molecular complexity index is 566. The summed E-state index contributed by atoms with van der Waals surface area (Å²) in [7, 11) is -3.47. The van der Waals surface area contributed by atoms with Gasteiger partial charge >= 0.3 is 0 Å². The standard InChI is InChI=1S/C11H13BrN2O5S/c12-5-1-2-6-13-11(15)9-4-3-8(14(16)17)7-10(9)20(13,18)19/h3-4,7,18-19H,1-2,5-6H2. The number of nitro benzene ring substituents is 1. The number of amides is 1. The highest BCUT2D eigenvalue weighted by atomic mass is 79.9. The van der Waals surface area contributed by atoms with Crippen molar-refractivity contribution < 1.29 is 18.8 Å². The van der Waals surface area contributed by atoms with Crippen molar-refractivity contribution in [1.29, 1.82) is 0 Å². The van der Waals surface area contributed by atoms with Crippen molar-refractivity contribution in [3.05, 3.63) is 33.9 Å². The van der Waals surface area contributed by atoms with Gasteiger partial charge in [-0.05, 0) is 18.9 Å². The van der Waals surface area contributed by atoms with Crippen LogP contribution in [0.15, 0.2) is 23.1 Å². The molecule has 2 rings (SSSR count). The number of unbranched alkanes of at least 4 members (excludes halogenated alkanes) is 1. The molecule has 2 N–H and O–H groups in total. The summed E-state index contributed by atoms with van der Waals surface area (Å²) in [6.07, 6.45) is 1.40. The Morgan fingerprint density at radius 2 is 2.05 bits per heavy atom. The highest BCUT2D eigenvalue weighted by Gasteiger charge is 2.41. The van der Waals surface area contributed by atoms with Gasteiger partial charge in [-0.25, -0.2) is 4.31 Å². The maximum atomic E-state index is 12.1. The predicted molar refractivity (Wildman–Crippen MR) is 78.3 cm³/mol. The molecule has 0 fully saturated rings. The van der Waals surface area contributed by atoms with Crippen molar-refractivity contribution in [2.45, 2.75) is 17.7 Å². The van der Waals surface area contributed by atoms with Gasteiger partial charge in [-0.1, -0.05) is 26.7 Å². The molecular weight excluding hydrogens is 352 g/mol. The largest absolute Gasteiger partial charge is 0.277 e. The Balaban J connectivity index is 2.35. The molecule has 0 spiro atoms. The lowest BCUT2D eigenvalue weighted by Crippen LogP contribution is -2.28. The molecule has 1 aliphatic heterocycles. The van der Waals surface area contributed by atoms with E-state index in [-0.39, 0.29) is 22.7 Å². The summed E-state index contributed by atoms with van der Waals surface area (Å²) in [5, 5.41) is 11.5. The minimum atomic E-state index is -3.47. The van der Waals surface area contributed by atoms with Crippen LogP contribution in [-0.2, 0) is 0 Å². The second-order valence-electron chi connectivity index (χ2n) is 4.26. The number of hydrogen-bond donors (Lipinski definition) is 2. The molecule has 1 aromatic carbocycles. The molecule has 7 nitrogen and oxygen atoms in total. The molecule has 1 aromatic rings. The van der Waals surface area contributed by atoms with E-state index >= 15 is 0 Å². The molecule has 0 unspecified atom stereocenters. The average molecular weight is 365 g/mol. The van der Waals surface area contributed by atoms with Crippen molar-refractivity contribution in [3.8, 4) is 0 Å². The van der Waals surface area contributed by atoms with E-state index in [1.807, 2.05) is 0 Å². The van der Waals surface area contributed by atoms with Crippen LogP contribution in [0.2, 0.25) is 0 Å². The first-order valence-electron chi connectivity index (χ1n) is 5.84. The van der Waals surface area contributed by atoms with Crippen LogP contribution in [0, 0.1) is 10.1 Å². The van der Waals surface area contributed by atoms with E-state index < -0.39 is 21.6 Å². The topological polar surface area (TPSA) is 104 Å². The summed E-state index contributed by atoms with van der Waals surface area (Å²) in [6, 6.07) is 3.52. The Morgan fingerprint density at radius 3 is 2.65 bits per heavy atom. The molecule has 0 aromatic heterocycles. The maximum absolute atomic E-state index is 12.1. The van der Waals surface area contributed by atoms with Crippen LogP contribution in [0.5, 0.6) is 0 Å². The molecule has 0 atom stereocenters. The molecule has 0 radical (unpaired) electrons. The van der Waals surface area contributed by atoms with Crippen molar-refractivity contribution in [1.82, 2.24) is 4.31 Å². The fourth-order valence-corrected chi connectivity index (χ4v) is 4.05. The molecule has 1 aliphatic rings. The third-order valence-electron chi connectivity index (χ3n) is 2.98. The SMILES string of the molecule is O=C1c2ccc([N+](=O)[O-])cc2S(O)(O)N1CCCCBr. The molecule has 20 heavy (non-hydrogen) atoms. The van der Waals surface area contributed by atoms with Crippen molar-refractivity contribution in [3.63, 3.8) is 0 Å². The number of fused-ring (bicyclic) bond motifs is 1. The number of nitrogens with zero attached hydrogens (tertiary/aromatic N) is 2. The van der Waals surface area contributed by atoms with Gasteiger partial charge in [0, 0.05) is 24.0 Å². The summed E-state index contributed by atoms with van der Waals surface area (Å²) < 4.78 is 21.4. The zero-order chi connectivity index (χ0) is 14.9. The number of hydrogen-bond acceptors (Lipinski definition) is 5. The van der Waals surface area contributed by atoms with Gasteiger partial charge in [0.25, 0.3) is 11.6 Å². The fourth-order valence-electron chi connectivity index (χ4n) is 1.98. The first kappa shape index (κ1) is 15.2. The number of alkyl halides is 1. The molecule has 9 heteroatoms. The highest BCUT2D eigenvalue weighted by Crippen LogP contribution is 2.59. The zero-order valence-corrected chi connectivity index (χ0v) is 12.8. The van der Waals surface area contributed by atoms with Crippen LogP contribution in [0.25, 0.3) is 0 Å². The van der Waals surface area contributed by atoms with Gasteiger partial charge in [0.2, 0.25) is 0 Å². The number of benzene rings is 1. The highest BCUT2D eigenvalue weighted by molar-refractivity contribution is 9.09. The summed E-state index contributed by atoms with van der Waals surface area (Å²) in [5.41, 5.74) is -0.145. The van der Waals surface area contributed by atoms with Gasteiger partial charge in [0.05, 0.1) is 10.5 Å². The van der Waals surface area contributed by atoms with E-state index in [1.54, 1.807) is 0 Å². The lowest BCUT2D eigenvalue weighted by Gasteiger charge is -2.36. The number of rotatable bonds is 5. The van der Waals surface area contributed by atoms with Gasteiger partial charge in [0.1, 0.15) is 4.90 Å². The van der Waals surface area contributed by atoms with E-state index in [9.17, 15) is 24.0 Å². The van der Waals surface area contributed by atoms with Crippen LogP contribution in [0.3, 0.4) is 0 Å². The monoisotopic (exact) mass is 364 g/mol. The average Bonchev–Trinajstić information content (AvgIpc) is 2.59. The third kappa shape index (κ3) is 2.53. The quantitative estimate of drug-likeness (QED) is 0.361. The summed E-state index contributed by atoms with van der Waals surface area (Å²) in [6.45, 7) is 0.204. The van der Waals surface area contributed by atoms with Gasteiger partial charge in [-0.15, -0.1) is 0 Å². The molecule has 0 saturated heterocycles. The van der Waals surface area contributed by atoms with E-state index in [4.69, 9.17) is 0 Å². The van der Waals surface area contributed by atoms with Crippen LogP contribution in [0.1, 0.15) is 23.2 Å². The van der Waals surface area contributed by atoms with Crippen LogP contribution in [0.4, 0.5) is 5.69 Å². The Morgan fingerprint density at radius 1 is 1.35 bits per heavy atom. The second-order valence-corrected chi connectivity index (χ2v) is 6.97. The van der Waals surface area contributed by atoms with E-state index in [1.165, 1.54) is 12.1 Å². The number of carbonyl (C=O) groups excluding carboxylic acids is 1. The van der Waals surface area contributed by atoms with E-state index in [0.29, 0.717) is 6.42 Å². The molecular formula is C11H13BrN2O5S. The maximum Gasteiger partial charge on any atom is 0.274 e. The molecule has 1 amide bonds. The van der Waals surface area contributed by atoms with Gasteiger partial charge in [0.15, 0.2) is 0 Å². The predicted octanol–water partition coefficient (Wildman–Crippen LogP) is 3.25. The van der Waals surface area contributed by atoms with Crippen molar-refractivity contribution in [2.75, 3.05) is 11.9 Å². The Kier molecular flexibility index (Phi) is 4.33. The number of nitro groups is 1. The third-order valence-corrected chi connectivity index (χ3v) is 5.43. The van der Waals surface area contributed by atoms with E-state index in [2.05, 4.69) is 15.9 Å². The number of non-ortho nitro benzene ring substituents is 1. The summed E-state index contributed by atoms with van der Waals surface area (Å²) in [4.78, 5) is 22.2. The smallest absolute Gasteiger partial charge is 0.274 e. The van der Waals surface area contributed by atoms with Gasteiger partial charge in [-0.3, -0.25) is 24.0 Å². The van der Waals surface area contributed by atoms with Crippen LogP contribution < -0.4 is 0 Å². The Hall–Kier alpha value is -1.16. The van der Waals surface area contributed by atoms with E-state index in [0.717, 1.165) is 22.1 Å². The minimum Gasteiger partial charge on any atom is -0.277 e. The van der Waals surface area contributed by atoms with Gasteiger partial charge < -0.3 is 0 Å². The summed E-state index contributed by atoms with van der Waals surface area (Å²) >= 11 is 3.26. The minimum absolute atomic E-state index is 0.0597. The van der Waals surface area contributed by atoms with Crippen LogP contribution in [-0.4, -0.2) is 36.1 Å². The molecule has 110 valence electrons. The molecule has 0 bridgehead atoms. The second kappa shape index (κ2) is 5.68. The summed E-state index contributed by atoms with van der Waals surface area (Å²) in [5.74, 6) is -0.496. The molecule has 1 heterocycles. The normalized spacial score (nSPS) is 17.9. The zero-order valence-electron chi connectivity index (χ0n) is 10.4. The molecule has 0 aliphatic carbocycles. The van der Waals surface area contributed by atoms with Gasteiger partial charge in [-0.2, -0.15) is 0 Å². The number of carbonyl (C=O) groups is 1. The number of halogens is 1. The lowest BCUT2D eigenvalue weighted by atomic mass is 10.2. The lowest BCUT2D eigenvalue weighted by molar-refractivity contribution is -0.385. The Labute approximate surface area is 125 Å².